The lowest BCUT2D eigenvalue weighted by atomic mass is 10.0. The molecule has 45 heavy (non-hydrogen) atoms. The molecule has 3 aromatic carbocycles. The Bertz CT molecular complexity index is 1580. The molecule has 1 aliphatic rings. The second kappa shape index (κ2) is 15.2. The van der Waals surface area contributed by atoms with Gasteiger partial charge in [0.1, 0.15) is 23.1 Å². The Labute approximate surface area is 262 Å². The summed E-state index contributed by atoms with van der Waals surface area (Å²) in [4.78, 5) is 28.7. The van der Waals surface area contributed by atoms with Crippen LogP contribution < -0.4 is 20.1 Å². The Morgan fingerprint density at radius 1 is 0.933 bits per heavy atom. The van der Waals surface area contributed by atoms with Gasteiger partial charge in [0, 0.05) is 50.9 Å². The van der Waals surface area contributed by atoms with Crippen molar-refractivity contribution in [2.75, 3.05) is 41.2 Å². The fourth-order valence-corrected chi connectivity index (χ4v) is 5.71. The van der Waals surface area contributed by atoms with Crippen LogP contribution in [-0.4, -0.2) is 62.1 Å². The van der Waals surface area contributed by atoms with Crippen molar-refractivity contribution in [2.24, 2.45) is 0 Å². The summed E-state index contributed by atoms with van der Waals surface area (Å²) in [5.74, 6) is -1.12. The van der Waals surface area contributed by atoms with E-state index in [4.69, 9.17) is 4.74 Å². The number of nitrogens with zero attached hydrogens (tertiary/aromatic N) is 2. The van der Waals surface area contributed by atoms with E-state index < -0.39 is 33.6 Å². The minimum absolute atomic E-state index is 0.0408. The van der Waals surface area contributed by atoms with Crippen LogP contribution in [0.2, 0.25) is 0 Å². The predicted molar refractivity (Wildman–Crippen MR) is 171 cm³/mol. The predicted octanol–water partition coefficient (Wildman–Crippen LogP) is 6.39. The Kier molecular flexibility index (Phi) is 11.3. The number of hydrogen-bond donors (Lipinski definition) is 3. The van der Waals surface area contributed by atoms with Gasteiger partial charge in [0.25, 0.3) is 0 Å². The number of piperidine rings is 1. The number of rotatable bonds is 12. The van der Waals surface area contributed by atoms with Crippen LogP contribution in [0.4, 0.5) is 30.6 Å². The van der Waals surface area contributed by atoms with Gasteiger partial charge in [-0.15, -0.1) is 0 Å². The molecule has 242 valence electrons. The molecule has 3 amide bonds. The zero-order valence-corrected chi connectivity index (χ0v) is 26.4. The molecule has 0 unspecified atom stereocenters. The van der Waals surface area contributed by atoms with E-state index in [9.17, 15) is 26.8 Å². The lowest BCUT2D eigenvalue weighted by Gasteiger charge is -2.38. The highest BCUT2D eigenvalue weighted by molar-refractivity contribution is 7.92. The summed E-state index contributed by atoms with van der Waals surface area (Å²) in [6.07, 6.45) is 4.24. The van der Waals surface area contributed by atoms with Gasteiger partial charge >= 0.3 is 6.03 Å². The minimum Gasteiger partial charge on any atom is -0.457 e. The van der Waals surface area contributed by atoms with Crippen molar-refractivity contribution < 1.29 is 31.5 Å². The Balaban J connectivity index is 1.31. The highest BCUT2D eigenvalue weighted by Gasteiger charge is 2.28. The molecule has 10 nitrogen and oxygen atoms in total. The second-order valence-corrected chi connectivity index (χ2v) is 12.9. The molecule has 1 saturated heterocycles. The summed E-state index contributed by atoms with van der Waals surface area (Å²) in [6, 6.07) is 15.6. The van der Waals surface area contributed by atoms with Crippen LogP contribution >= 0.6 is 0 Å². The molecule has 3 N–H and O–H groups in total. The number of carbonyl (C=O) groups is 2. The number of carbonyl (C=O) groups excluding carboxylic acids is 2. The van der Waals surface area contributed by atoms with Gasteiger partial charge in [-0.05, 0) is 67.3 Å². The van der Waals surface area contributed by atoms with Crippen LogP contribution in [0.5, 0.6) is 11.5 Å². The lowest BCUT2D eigenvalue weighted by Crippen LogP contribution is -2.49. The number of hydrogen-bond acceptors (Lipinski definition) is 6. The summed E-state index contributed by atoms with van der Waals surface area (Å²) in [5.41, 5.74) is 1.16. The van der Waals surface area contributed by atoms with Crippen LogP contribution in [0, 0.1) is 11.6 Å². The first-order valence-electron chi connectivity index (χ1n) is 14.8. The van der Waals surface area contributed by atoms with Crippen LogP contribution in [0.25, 0.3) is 0 Å². The van der Waals surface area contributed by atoms with Crippen LogP contribution in [0.1, 0.15) is 45.1 Å². The SMILES string of the molecule is CCCCN(C(=O)Nc1cc(NC(C)=O)c(F)cc1F)C1CCN(Cc2ccc(Oc3ccc(NS(C)(=O)=O)cc3)cc2)CC1. The maximum absolute atomic E-state index is 14.5. The van der Waals surface area contributed by atoms with Gasteiger partial charge in [0.2, 0.25) is 15.9 Å². The molecule has 1 fully saturated rings. The summed E-state index contributed by atoms with van der Waals surface area (Å²) >= 11 is 0. The number of ether oxygens (including phenoxy) is 1. The number of anilines is 3. The fourth-order valence-electron chi connectivity index (χ4n) is 5.15. The van der Waals surface area contributed by atoms with E-state index in [0.29, 0.717) is 29.8 Å². The summed E-state index contributed by atoms with van der Waals surface area (Å²) in [5, 5.41) is 4.89. The largest absolute Gasteiger partial charge is 0.457 e. The molecule has 13 heteroatoms. The van der Waals surface area contributed by atoms with Crippen molar-refractivity contribution in [1.29, 1.82) is 0 Å². The van der Waals surface area contributed by atoms with E-state index in [1.54, 1.807) is 29.2 Å². The first-order valence-corrected chi connectivity index (χ1v) is 16.7. The number of sulfonamides is 1. The summed E-state index contributed by atoms with van der Waals surface area (Å²) < 4.78 is 59.7. The van der Waals surface area contributed by atoms with Crippen molar-refractivity contribution in [3.05, 3.63) is 77.9 Å². The average molecular weight is 644 g/mol. The summed E-state index contributed by atoms with van der Waals surface area (Å²) in [7, 11) is -3.35. The first kappa shape index (κ1) is 33.7. The number of nitrogens with one attached hydrogen (secondary N) is 3. The second-order valence-electron chi connectivity index (χ2n) is 11.1. The van der Waals surface area contributed by atoms with Gasteiger partial charge in [-0.1, -0.05) is 25.5 Å². The van der Waals surface area contributed by atoms with Gasteiger partial charge < -0.3 is 20.3 Å². The van der Waals surface area contributed by atoms with Crippen molar-refractivity contribution >= 4 is 39.0 Å². The van der Waals surface area contributed by atoms with Gasteiger partial charge in [0.05, 0.1) is 17.6 Å². The maximum Gasteiger partial charge on any atom is 0.322 e. The topological polar surface area (TPSA) is 120 Å². The Hall–Kier alpha value is -4.23. The third-order valence-electron chi connectivity index (χ3n) is 7.34. The Morgan fingerprint density at radius 2 is 1.51 bits per heavy atom. The van der Waals surface area contributed by atoms with E-state index in [-0.39, 0.29) is 17.4 Å². The Morgan fingerprint density at radius 3 is 2.07 bits per heavy atom. The molecule has 4 rings (SSSR count). The van der Waals surface area contributed by atoms with E-state index in [2.05, 4.69) is 20.3 Å². The van der Waals surface area contributed by atoms with Crippen LogP contribution in [-0.2, 0) is 21.4 Å². The fraction of sp³-hybridized carbons (Fsp3) is 0.375. The molecule has 0 aliphatic carbocycles. The number of likely N-dealkylation sites (tertiary alicyclic amines) is 1. The smallest absolute Gasteiger partial charge is 0.322 e. The zero-order valence-electron chi connectivity index (χ0n) is 25.6. The molecule has 0 atom stereocenters. The van der Waals surface area contributed by atoms with E-state index in [0.717, 1.165) is 63.2 Å². The highest BCUT2D eigenvalue weighted by atomic mass is 32.2. The molecule has 3 aromatic rings. The number of halogens is 2. The number of benzene rings is 3. The number of amides is 3. The van der Waals surface area contributed by atoms with Gasteiger partial charge in [-0.2, -0.15) is 0 Å². The van der Waals surface area contributed by atoms with Gasteiger partial charge in [-0.25, -0.2) is 22.0 Å². The molecule has 0 bridgehead atoms. The molecule has 0 radical (unpaired) electrons. The van der Waals surface area contributed by atoms with Crippen molar-refractivity contribution in [3.63, 3.8) is 0 Å². The third-order valence-corrected chi connectivity index (χ3v) is 7.95. The maximum atomic E-state index is 14.5. The van der Waals surface area contributed by atoms with Gasteiger partial charge in [0.15, 0.2) is 0 Å². The van der Waals surface area contributed by atoms with Crippen molar-refractivity contribution in [3.8, 4) is 11.5 Å². The zero-order chi connectivity index (χ0) is 32.6. The first-order chi connectivity index (χ1) is 21.4. The number of unbranched alkanes of at least 4 members (excludes halogenated alkanes) is 1. The van der Waals surface area contributed by atoms with E-state index >= 15 is 0 Å². The molecular weight excluding hydrogens is 604 g/mol. The third kappa shape index (κ3) is 10.1. The average Bonchev–Trinajstić information content (AvgIpc) is 2.97. The molecule has 0 saturated carbocycles. The van der Waals surface area contributed by atoms with Crippen LogP contribution in [0.15, 0.2) is 60.7 Å². The molecule has 0 spiro atoms. The molecular formula is C32H39F2N5O5S. The quantitative estimate of drug-likeness (QED) is 0.211. The van der Waals surface area contributed by atoms with Crippen molar-refractivity contribution in [2.45, 2.75) is 52.1 Å². The van der Waals surface area contributed by atoms with Gasteiger partial charge in [-0.3, -0.25) is 14.4 Å². The van der Waals surface area contributed by atoms with E-state index in [1.807, 2.05) is 31.2 Å². The molecule has 0 aromatic heterocycles. The lowest BCUT2D eigenvalue weighted by molar-refractivity contribution is -0.114. The highest BCUT2D eigenvalue weighted by Crippen LogP contribution is 2.27. The molecule has 1 heterocycles. The molecule has 1 aliphatic heterocycles. The monoisotopic (exact) mass is 643 g/mol. The van der Waals surface area contributed by atoms with E-state index in [1.165, 1.54) is 6.92 Å². The standard InChI is InChI=1S/C32H39F2N5O5S/c1-4-5-16-39(32(41)36-31-20-30(35-22(2)40)28(33)19-29(31)34)25-14-17-38(18-15-25)21-23-6-10-26(11-7-23)44-27-12-8-24(9-13-27)37-45(3,42)43/h6-13,19-20,25,37H,4-5,14-18,21H2,1-3H3,(H,35,40)(H,36,41). The van der Waals surface area contributed by atoms with Crippen LogP contribution in [0.3, 0.4) is 0 Å². The number of urea groups is 1. The summed E-state index contributed by atoms with van der Waals surface area (Å²) in [6.45, 7) is 6.02. The van der Waals surface area contributed by atoms with Crippen molar-refractivity contribution in [1.82, 2.24) is 9.80 Å². The normalized spacial score (nSPS) is 14.1. The minimum atomic E-state index is -3.35.